The topological polar surface area (TPSA) is 105 Å². The SMILES string of the molecule is N=c1c(C(=O)Nc2nccs2)cc2c(=O)n3ccccc3nc2n1CCc1ccccc1. The Labute approximate surface area is 186 Å². The predicted octanol–water partition coefficient (Wildman–Crippen LogP) is 3.08. The van der Waals surface area contributed by atoms with Gasteiger partial charge in [0.25, 0.3) is 11.5 Å². The van der Waals surface area contributed by atoms with E-state index >= 15 is 0 Å². The Morgan fingerprint density at radius 2 is 1.94 bits per heavy atom. The van der Waals surface area contributed by atoms with E-state index in [2.05, 4.69) is 15.3 Å². The van der Waals surface area contributed by atoms with Crippen LogP contribution in [0.4, 0.5) is 5.13 Å². The van der Waals surface area contributed by atoms with Gasteiger partial charge in [0.15, 0.2) is 5.13 Å². The highest BCUT2D eigenvalue weighted by Crippen LogP contribution is 2.15. The Hall–Kier alpha value is -4.11. The molecule has 5 rings (SSSR count). The largest absolute Gasteiger partial charge is 0.310 e. The van der Waals surface area contributed by atoms with Crippen LogP contribution in [0.25, 0.3) is 16.7 Å². The number of thiazole rings is 1. The first-order valence-electron chi connectivity index (χ1n) is 9.96. The van der Waals surface area contributed by atoms with Crippen LogP contribution in [0.5, 0.6) is 0 Å². The third-order valence-electron chi connectivity index (χ3n) is 5.18. The number of anilines is 1. The number of rotatable bonds is 5. The first-order chi connectivity index (χ1) is 15.6. The molecule has 4 aromatic heterocycles. The van der Waals surface area contributed by atoms with Crippen molar-refractivity contribution in [3.63, 3.8) is 0 Å². The van der Waals surface area contributed by atoms with E-state index in [1.165, 1.54) is 21.8 Å². The van der Waals surface area contributed by atoms with Crippen LogP contribution in [-0.4, -0.2) is 24.8 Å². The van der Waals surface area contributed by atoms with Crippen molar-refractivity contribution in [3.05, 3.63) is 99.3 Å². The quantitative estimate of drug-likeness (QED) is 0.408. The number of benzene rings is 1. The number of hydrogen-bond donors (Lipinski definition) is 2. The molecule has 0 atom stereocenters. The first-order valence-corrected chi connectivity index (χ1v) is 10.8. The molecule has 8 nitrogen and oxygen atoms in total. The van der Waals surface area contributed by atoms with Gasteiger partial charge < -0.3 is 4.57 Å². The van der Waals surface area contributed by atoms with E-state index in [0.717, 1.165) is 5.56 Å². The standard InChI is InChI=1S/C23H18N6O2S/c24-19-16(21(30)27-23-25-10-13-32-23)14-17-20(26-18-8-4-5-11-28(18)22(17)31)29(19)12-9-15-6-2-1-3-7-15/h1-8,10-11,13-14,24H,9,12H2,(H,25,27,30). The van der Waals surface area contributed by atoms with E-state index < -0.39 is 5.91 Å². The minimum absolute atomic E-state index is 0.00494. The summed E-state index contributed by atoms with van der Waals surface area (Å²) >= 11 is 1.28. The molecule has 0 unspecified atom stereocenters. The van der Waals surface area contributed by atoms with Gasteiger partial charge in [0, 0.05) is 24.3 Å². The summed E-state index contributed by atoms with van der Waals surface area (Å²) in [4.78, 5) is 34.9. The van der Waals surface area contributed by atoms with Gasteiger partial charge in [-0.1, -0.05) is 36.4 Å². The number of fused-ring (bicyclic) bond motifs is 2. The van der Waals surface area contributed by atoms with E-state index in [9.17, 15) is 9.59 Å². The Kier molecular flexibility index (Phi) is 5.08. The van der Waals surface area contributed by atoms with Crippen LogP contribution in [0.3, 0.4) is 0 Å². The van der Waals surface area contributed by atoms with Gasteiger partial charge in [0.1, 0.15) is 16.8 Å². The van der Waals surface area contributed by atoms with E-state index in [-0.39, 0.29) is 22.0 Å². The van der Waals surface area contributed by atoms with Gasteiger partial charge in [0.2, 0.25) is 0 Å². The molecule has 0 bridgehead atoms. The summed E-state index contributed by atoms with van der Waals surface area (Å²) in [5.41, 5.74) is 1.75. The van der Waals surface area contributed by atoms with Crippen LogP contribution in [0.2, 0.25) is 0 Å². The molecule has 0 saturated heterocycles. The summed E-state index contributed by atoms with van der Waals surface area (Å²) in [5, 5.41) is 13.9. The lowest BCUT2D eigenvalue weighted by Crippen LogP contribution is -2.32. The van der Waals surface area contributed by atoms with Crippen molar-refractivity contribution in [3.8, 4) is 0 Å². The van der Waals surface area contributed by atoms with Crippen LogP contribution in [-0.2, 0) is 13.0 Å². The van der Waals surface area contributed by atoms with Crippen LogP contribution in [0, 0.1) is 5.41 Å². The number of nitrogens with zero attached hydrogens (tertiary/aromatic N) is 4. The molecule has 2 N–H and O–H groups in total. The lowest BCUT2D eigenvalue weighted by atomic mass is 10.1. The molecular weight excluding hydrogens is 424 g/mol. The van der Waals surface area contributed by atoms with Crippen molar-refractivity contribution in [2.45, 2.75) is 13.0 Å². The van der Waals surface area contributed by atoms with Crippen molar-refractivity contribution in [1.29, 1.82) is 5.41 Å². The van der Waals surface area contributed by atoms with Gasteiger partial charge in [-0.25, -0.2) is 9.97 Å². The summed E-state index contributed by atoms with van der Waals surface area (Å²) in [6.45, 7) is 0.396. The molecule has 5 aromatic rings. The number of pyridine rings is 2. The second-order valence-electron chi connectivity index (χ2n) is 7.17. The number of carbonyl (C=O) groups excluding carboxylic acids is 1. The number of hydrogen-bond acceptors (Lipinski definition) is 6. The minimum atomic E-state index is -0.488. The van der Waals surface area contributed by atoms with Gasteiger partial charge in [-0.3, -0.25) is 24.7 Å². The van der Waals surface area contributed by atoms with Crippen molar-refractivity contribution in [2.75, 3.05) is 5.32 Å². The van der Waals surface area contributed by atoms with Gasteiger partial charge in [0.05, 0.1) is 10.9 Å². The maximum absolute atomic E-state index is 13.2. The number of carbonyl (C=O) groups is 1. The molecule has 0 aliphatic carbocycles. The van der Waals surface area contributed by atoms with Crippen molar-refractivity contribution in [2.24, 2.45) is 0 Å². The fraction of sp³-hybridized carbons (Fsp3) is 0.0870. The van der Waals surface area contributed by atoms with Gasteiger partial charge >= 0.3 is 0 Å². The smallest absolute Gasteiger partial charge is 0.267 e. The van der Waals surface area contributed by atoms with Crippen LogP contribution >= 0.6 is 11.3 Å². The highest BCUT2D eigenvalue weighted by molar-refractivity contribution is 7.13. The Balaban J connectivity index is 1.70. The molecule has 0 radical (unpaired) electrons. The number of aryl methyl sites for hydroxylation is 2. The molecule has 0 fully saturated rings. The normalized spacial score (nSPS) is 11.1. The molecule has 0 aliphatic rings. The third kappa shape index (κ3) is 3.58. The molecule has 158 valence electrons. The highest BCUT2D eigenvalue weighted by atomic mass is 32.1. The third-order valence-corrected chi connectivity index (χ3v) is 5.87. The Bertz CT molecular complexity index is 1560. The zero-order valence-electron chi connectivity index (χ0n) is 16.9. The molecule has 1 aromatic carbocycles. The average molecular weight is 443 g/mol. The number of aromatic nitrogens is 4. The monoisotopic (exact) mass is 442 g/mol. The molecular formula is C23H18N6O2S. The van der Waals surface area contributed by atoms with E-state index in [0.29, 0.717) is 29.4 Å². The van der Waals surface area contributed by atoms with Crippen molar-refractivity contribution >= 4 is 39.1 Å². The first kappa shape index (κ1) is 19.8. The van der Waals surface area contributed by atoms with Crippen LogP contribution in [0.1, 0.15) is 15.9 Å². The molecule has 1 amide bonds. The second kappa shape index (κ2) is 8.20. The predicted molar refractivity (Wildman–Crippen MR) is 123 cm³/mol. The fourth-order valence-corrected chi connectivity index (χ4v) is 4.14. The highest BCUT2D eigenvalue weighted by Gasteiger charge is 2.18. The molecule has 4 heterocycles. The molecule has 0 aliphatic heterocycles. The zero-order chi connectivity index (χ0) is 22.1. The van der Waals surface area contributed by atoms with Gasteiger partial charge in [-0.2, -0.15) is 0 Å². The van der Waals surface area contributed by atoms with E-state index in [1.807, 2.05) is 30.3 Å². The number of nitrogens with one attached hydrogen (secondary N) is 2. The lowest BCUT2D eigenvalue weighted by molar-refractivity contribution is 0.102. The van der Waals surface area contributed by atoms with Gasteiger partial charge in [-0.05, 0) is 30.2 Å². The summed E-state index contributed by atoms with van der Waals surface area (Å²) in [7, 11) is 0. The average Bonchev–Trinajstić information content (AvgIpc) is 3.32. The van der Waals surface area contributed by atoms with Gasteiger partial charge in [-0.15, -0.1) is 11.3 Å². The van der Waals surface area contributed by atoms with Crippen molar-refractivity contribution in [1.82, 2.24) is 18.9 Å². The summed E-state index contributed by atoms with van der Waals surface area (Å²) in [6.07, 6.45) is 3.85. The van der Waals surface area contributed by atoms with E-state index in [1.54, 1.807) is 40.5 Å². The Morgan fingerprint density at radius 1 is 1.12 bits per heavy atom. The zero-order valence-corrected chi connectivity index (χ0v) is 17.7. The molecule has 0 spiro atoms. The van der Waals surface area contributed by atoms with E-state index in [4.69, 9.17) is 5.41 Å². The second-order valence-corrected chi connectivity index (χ2v) is 8.06. The summed E-state index contributed by atoms with van der Waals surface area (Å²) in [5.74, 6) is -0.488. The number of amides is 1. The van der Waals surface area contributed by atoms with Crippen LogP contribution < -0.4 is 16.4 Å². The summed E-state index contributed by atoms with van der Waals surface area (Å²) < 4.78 is 3.07. The maximum Gasteiger partial charge on any atom is 0.267 e. The molecule has 0 saturated carbocycles. The fourth-order valence-electron chi connectivity index (χ4n) is 3.61. The van der Waals surface area contributed by atoms with Crippen LogP contribution in [0.15, 0.2) is 77.2 Å². The lowest BCUT2D eigenvalue weighted by Gasteiger charge is -2.14. The van der Waals surface area contributed by atoms with Crippen molar-refractivity contribution < 1.29 is 4.79 Å². The minimum Gasteiger partial charge on any atom is -0.310 e. The Morgan fingerprint density at radius 3 is 2.72 bits per heavy atom. The molecule has 9 heteroatoms. The maximum atomic E-state index is 13.2. The summed E-state index contributed by atoms with van der Waals surface area (Å²) in [6, 6.07) is 16.6. The molecule has 32 heavy (non-hydrogen) atoms.